The van der Waals surface area contributed by atoms with Crippen LogP contribution in [0, 0.1) is 5.92 Å². The van der Waals surface area contributed by atoms with Crippen LogP contribution in [0.3, 0.4) is 0 Å². The molecule has 1 aliphatic heterocycles. The van der Waals surface area contributed by atoms with E-state index in [1.54, 1.807) is 4.90 Å². The Balaban J connectivity index is 1.61. The maximum Gasteiger partial charge on any atom is 0.245 e. The van der Waals surface area contributed by atoms with E-state index in [1.807, 2.05) is 0 Å². The molecule has 118 valence electrons. The monoisotopic (exact) mass is 294 g/mol. The third-order valence-electron chi connectivity index (χ3n) is 4.75. The molecule has 0 radical (unpaired) electrons. The van der Waals surface area contributed by atoms with Gasteiger partial charge in [-0.25, -0.2) is 0 Å². The fourth-order valence-electron chi connectivity index (χ4n) is 3.10. The molecule has 2 aliphatic rings. The van der Waals surface area contributed by atoms with Gasteiger partial charge in [0, 0.05) is 25.6 Å². The first kappa shape index (κ1) is 16.0. The predicted molar refractivity (Wildman–Crippen MR) is 80.5 cm³/mol. The molecule has 2 N–H and O–H groups in total. The summed E-state index contributed by atoms with van der Waals surface area (Å²) < 4.78 is 0. The zero-order valence-electron chi connectivity index (χ0n) is 12.6. The number of carbonyl (C=O) groups excluding carboxylic acids is 2. The van der Waals surface area contributed by atoms with Crippen molar-refractivity contribution in [1.82, 2.24) is 10.2 Å². The summed E-state index contributed by atoms with van der Waals surface area (Å²) >= 11 is 0. The van der Waals surface area contributed by atoms with E-state index < -0.39 is 5.60 Å². The molecule has 0 aromatic heterocycles. The number of rotatable bonds is 6. The minimum Gasteiger partial charge on any atom is -0.390 e. The third kappa shape index (κ3) is 4.30. The van der Waals surface area contributed by atoms with Crippen LogP contribution in [0.5, 0.6) is 0 Å². The molecule has 5 nitrogen and oxygen atoms in total. The number of nitrogens with one attached hydrogen (secondary N) is 1. The summed E-state index contributed by atoms with van der Waals surface area (Å²) in [6.45, 7) is 5.37. The Hall–Kier alpha value is -1.36. The van der Waals surface area contributed by atoms with Crippen LogP contribution in [0.25, 0.3) is 0 Å². The van der Waals surface area contributed by atoms with Gasteiger partial charge in [-0.05, 0) is 51.0 Å². The average molecular weight is 294 g/mol. The average Bonchev–Trinajstić information content (AvgIpc) is 2.49. The normalized spacial score (nSPS) is 21.5. The number of likely N-dealkylation sites (tertiary alicyclic amines) is 1. The Morgan fingerprint density at radius 3 is 2.52 bits per heavy atom. The molecule has 1 heterocycles. The molecule has 0 spiro atoms. The highest BCUT2D eigenvalue weighted by Crippen LogP contribution is 2.35. The second-order valence-corrected chi connectivity index (χ2v) is 6.28. The van der Waals surface area contributed by atoms with Crippen molar-refractivity contribution in [3.05, 3.63) is 12.7 Å². The lowest BCUT2D eigenvalue weighted by Crippen LogP contribution is -2.43. The molecule has 1 saturated heterocycles. The Bertz CT molecular complexity index is 396. The van der Waals surface area contributed by atoms with Crippen LogP contribution in [0.4, 0.5) is 0 Å². The van der Waals surface area contributed by atoms with Crippen molar-refractivity contribution in [1.29, 1.82) is 0 Å². The van der Waals surface area contributed by atoms with Gasteiger partial charge < -0.3 is 15.3 Å². The topological polar surface area (TPSA) is 69.6 Å². The van der Waals surface area contributed by atoms with Crippen LogP contribution in [-0.2, 0) is 9.59 Å². The van der Waals surface area contributed by atoms with Gasteiger partial charge in [-0.15, -0.1) is 0 Å². The van der Waals surface area contributed by atoms with Crippen molar-refractivity contribution in [3.8, 4) is 0 Å². The first-order valence-corrected chi connectivity index (χ1v) is 7.95. The lowest BCUT2D eigenvalue weighted by molar-refractivity contribution is -0.132. The van der Waals surface area contributed by atoms with Crippen molar-refractivity contribution >= 4 is 11.8 Å². The van der Waals surface area contributed by atoms with E-state index in [-0.39, 0.29) is 17.7 Å². The second kappa shape index (κ2) is 7.07. The van der Waals surface area contributed by atoms with Crippen molar-refractivity contribution in [2.75, 3.05) is 19.6 Å². The summed E-state index contributed by atoms with van der Waals surface area (Å²) in [5.74, 6) is 0.0366. The van der Waals surface area contributed by atoms with Crippen molar-refractivity contribution in [2.24, 2.45) is 5.92 Å². The van der Waals surface area contributed by atoms with Crippen LogP contribution in [-0.4, -0.2) is 47.1 Å². The number of nitrogens with zero attached hydrogens (tertiary/aromatic N) is 1. The van der Waals surface area contributed by atoms with Crippen molar-refractivity contribution < 1.29 is 14.7 Å². The highest BCUT2D eigenvalue weighted by Gasteiger charge is 2.33. The highest BCUT2D eigenvalue weighted by atomic mass is 16.3. The maximum absolute atomic E-state index is 12.1. The van der Waals surface area contributed by atoms with E-state index in [0.29, 0.717) is 19.6 Å². The standard InChI is InChI=1S/C16H26N2O3/c1-2-14(19)18-11-5-13(6-12-18)15(20)17-10-4-9-16(21)7-3-8-16/h2,13,21H,1,3-12H2,(H,17,20). The smallest absolute Gasteiger partial charge is 0.245 e. The van der Waals surface area contributed by atoms with Gasteiger partial charge in [0.05, 0.1) is 5.60 Å². The summed E-state index contributed by atoms with van der Waals surface area (Å²) in [6, 6.07) is 0. The van der Waals surface area contributed by atoms with Crippen LogP contribution in [0.15, 0.2) is 12.7 Å². The van der Waals surface area contributed by atoms with Gasteiger partial charge in [-0.3, -0.25) is 9.59 Å². The number of carbonyl (C=O) groups is 2. The molecule has 2 rings (SSSR count). The van der Waals surface area contributed by atoms with E-state index in [0.717, 1.165) is 44.9 Å². The molecule has 1 aliphatic carbocycles. The van der Waals surface area contributed by atoms with Gasteiger partial charge in [-0.2, -0.15) is 0 Å². The van der Waals surface area contributed by atoms with Gasteiger partial charge in [0.15, 0.2) is 0 Å². The molecular formula is C16H26N2O3. The lowest BCUT2D eigenvalue weighted by atomic mass is 9.77. The Morgan fingerprint density at radius 2 is 2.00 bits per heavy atom. The van der Waals surface area contributed by atoms with Crippen molar-refractivity contribution in [3.63, 3.8) is 0 Å². The third-order valence-corrected chi connectivity index (χ3v) is 4.75. The number of piperidine rings is 1. The Morgan fingerprint density at radius 1 is 1.33 bits per heavy atom. The fourth-order valence-corrected chi connectivity index (χ4v) is 3.10. The van der Waals surface area contributed by atoms with E-state index in [9.17, 15) is 14.7 Å². The number of amides is 2. The van der Waals surface area contributed by atoms with Gasteiger partial charge >= 0.3 is 0 Å². The van der Waals surface area contributed by atoms with Crippen LogP contribution < -0.4 is 5.32 Å². The first-order valence-electron chi connectivity index (χ1n) is 7.95. The maximum atomic E-state index is 12.1. The quantitative estimate of drug-likeness (QED) is 0.572. The summed E-state index contributed by atoms with van der Waals surface area (Å²) in [6.07, 6.45) is 7.28. The minimum atomic E-state index is -0.457. The number of hydrogen-bond donors (Lipinski definition) is 2. The minimum absolute atomic E-state index is 0.00524. The van der Waals surface area contributed by atoms with Crippen LogP contribution in [0.2, 0.25) is 0 Å². The first-order chi connectivity index (χ1) is 10.0. The van der Waals surface area contributed by atoms with Gasteiger partial charge in [0.1, 0.15) is 0 Å². The Kier molecular flexibility index (Phi) is 5.39. The highest BCUT2D eigenvalue weighted by molar-refractivity contribution is 5.87. The van der Waals surface area contributed by atoms with E-state index in [2.05, 4.69) is 11.9 Å². The van der Waals surface area contributed by atoms with E-state index >= 15 is 0 Å². The van der Waals surface area contributed by atoms with Gasteiger partial charge in [0.2, 0.25) is 11.8 Å². The second-order valence-electron chi connectivity index (χ2n) is 6.28. The SMILES string of the molecule is C=CC(=O)N1CCC(C(=O)NCCCC2(O)CCC2)CC1. The largest absolute Gasteiger partial charge is 0.390 e. The molecule has 2 amide bonds. The molecule has 0 bridgehead atoms. The lowest BCUT2D eigenvalue weighted by Gasteiger charge is -2.36. The summed E-state index contributed by atoms with van der Waals surface area (Å²) in [5.41, 5.74) is -0.457. The molecule has 0 unspecified atom stereocenters. The molecule has 0 atom stereocenters. The molecule has 5 heteroatoms. The number of aliphatic hydroxyl groups is 1. The molecular weight excluding hydrogens is 268 g/mol. The molecule has 0 aromatic rings. The molecule has 1 saturated carbocycles. The summed E-state index contributed by atoms with van der Waals surface area (Å²) in [4.78, 5) is 25.3. The molecule has 21 heavy (non-hydrogen) atoms. The molecule has 0 aromatic carbocycles. The number of hydrogen-bond acceptors (Lipinski definition) is 3. The van der Waals surface area contributed by atoms with Crippen molar-refractivity contribution in [2.45, 2.75) is 50.5 Å². The van der Waals surface area contributed by atoms with E-state index in [4.69, 9.17) is 0 Å². The van der Waals surface area contributed by atoms with Gasteiger partial charge in [0.25, 0.3) is 0 Å². The zero-order valence-corrected chi connectivity index (χ0v) is 12.6. The fraction of sp³-hybridized carbons (Fsp3) is 0.750. The van der Waals surface area contributed by atoms with E-state index in [1.165, 1.54) is 6.08 Å². The molecule has 2 fully saturated rings. The van der Waals surface area contributed by atoms with Crippen LogP contribution in [0.1, 0.15) is 44.9 Å². The summed E-state index contributed by atoms with van der Waals surface area (Å²) in [7, 11) is 0. The van der Waals surface area contributed by atoms with Gasteiger partial charge in [-0.1, -0.05) is 6.58 Å². The predicted octanol–water partition coefficient (Wildman–Crippen LogP) is 1.22. The zero-order chi connectivity index (χ0) is 15.3. The summed E-state index contributed by atoms with van der Waals surface area (Å²) in [5, 5.41) is 12.9. The van der Waals surface area contributed by atoms with Crippen LogP contribution >= 0.6 is 0 Å². The Labute approximate surface area is 126 Å².